The van der Waals surface area contributed by atoms with Gasteiger partial charge in [0.15, 0.2) is 0 Å². The van der Waals surface area contributed by atoms with Gasteiger partial charge in [0, 0.05) is 17.5 Å². The van der Waals surface area contributed by atoms with Crippen LogP contribution >= 0.6 is 0 Å². The predicted molar refractivity (Wildman–Crippen MR) is 137 cm³/mol. The Bertz CT molecular complexity index is 1360. The number of pyridine rings is 2. The van der Waals surface area contributed by atoms with E-state index in [1.165, 1.54) is 13.2 Å². The summed E-state index contributed by atoms with van der Waals surface area (Å²) < 4.78 is 4.81. The van der Waals surface area contributed by atoms with Gasteiger partial charge >= 0.3 is 11.7 Å². The molecule has 2 heterocycles. The number of nitrogens with one attached hydrogen (secondary N) is 2. The zero-order valence-corrected chi connectivity index (χ0v) is 20.6. The van der Waals surface area contributed by atoms with Crippen molar-refractivity contribution in [3.8, 4) is 11.3 Å². The largest absolute Gasteiger partial charge is 0.469 e. The molecular formula is C27H27N5O5. The predicted octanol–water partition coefficient (Wildman–Crippen LogP) is 5.02. The normalized spacial score (nSPS) is 21.9. The Morgan fingerprint density at radius 1 is 1.00 bits per heavy atom. The molecule has 1 spiro atoms. The fraction of sp³-hybridized carbons (Fsp3) is 0.333. The number of aromatic nitrogens is 2. The second-order valence-corrected chi connectivity index (χ2v) is 9.86. The fourth-order valence-electron chi connectivity index (χ4n) is 5.40. The van der Waals surface area contributed by atoms with E-state index < -0.39 is 4.92 Å². The highest BCUT2D eigenvalue weighted by Crippen LogP contribution is 2.61. The number of ether oxygens (including phenoxy) is 1. The number of carbonyl (C=O) groups is 2. The smallest absolute Gasteiger partial charge is 0.311 e. The number of nitro groups is 1. The van der Waals surface area contributed by atoms with E-state index in [0.29, 0.717) is 22.9 Å². The van der Waals surface area contributed by atoms with Crippen LogP contribution in [0.5, 0.6) is 0 Å². The van der Waals surface area contributed by atoms with Gasteiger partial charge in [0.2, 0.25) is 11.7 Å². The summed E-state index contributed by atoms with van der Waals surface area (Å²) in [5, 5.41) is 17.5. The van der Waals surface area contributed by atoms with Crippen LogP contribution in [0.1, 0.15) is 31.4 Å². The number of carbonyl (C=O) groups excluding carboxylic acids is 2. The summed E-state index contributed by atoms with van der Waals surface area (Å²) in [5.74, 6) is 0.0947. The Balaban J connectivity index is 1.24. The van der Waals surface area contributed by atoms with Gasteiger partial charge in [-0.05, 0) is 56.2 Å². The van der Waals surface area contributed by atoms with Crippen LogP contribution in [-0.4, -0.2) is 33.9 Å². The molecule has 37 heavy (non-hydrogen) atoms. The number of rotatable bonds is 7. The Morgan fingerprint density at radius 3 is 2.35 bits per heavy atom. The van der Waals surface area contributed by atoms with Gasteiger partial charge < -0.3 is 15.4 Å². The van der Waals surface area contributed by atoms with Crippen LogP contribution in [-0.2, 0) is 14.3 Å². The Labute approximate surface area is 213 Å². The fourth-order valence-corrected chi connectivity index (χ4v) is 5.40. The van der Waals surface area contributed by atoms with Crippen molar-refractivity contribution in [1.29, 1.82) is 0 Å². The number of esters is 1. The second-order valence-electron chi connectivity index (χ2n) is 9.86. The van der Waals surface area contributed by atoms with Crippen LogP contribution in [0, 0.1) is 34.3 Å². The third kappa shape index (κ3) is 4.87. The third-order valence-electron chi connectivity index (χ3n) is 7.35. The molecule has 1 amide bonds. The first-order chi connectivity index (χ1) is 17.8. The van der Waals surface area contributed by atoms with Crippen molar-refractivity contribution in [2.75, 3.05) is 17.7 Å². The van der Waals surface area contributed by atoms with Crippen molar-refractivity contribution in [3.05, 3.63) is 70.4 Å². The average molecular weight is 502 g/mol. The number of anilines is 3. The van der Waals surface area contributed by atoms with Crippen molar-refractivity contribution in [1.82, 2.24) is 9.97 Å². The Hall–Kier alpha value is -4.34. The number of benzene rings is 1. The van der Waals surface area contributed by atoms with Gasteiger partial charge in [-0.1, -0.05) is 30.3 Å². The van der Waals surface area contributed by atoms with E-state index in [0.717, 1.165) is 31.2 Å². The van der Waals surface area contributed by atoms with E-state index in [4.69, 9.17) is 4.74 Å². The highest BCUT2D eigenvalue weighted by atomic mass is 16.6. The molecule has 190 valence electrons. The summed E-state index contributed by atoms with van der Waals surface area (Å²) in [6, 6.07) is 15.8. The molecule has 2 aliphatic carbocycles. The molecule has 2 aliphatic rings. The van der Waals surface area contributed by atoms with Gasteiger partial charge in [0.25, 0.3) is 0 Å². The molecule has 0 radical (unpaired) electrons. The molecule has 0 atom stereocenters. The molecule has 0 bridgehead atoms. The molecule has 2 saturated carbocycles. The van der Waals surface area contributed by atoms with E-state index in [2.05, 4.69) is 20.6 Å². The van der Waals surface area contributed by atoms with Crippen LogP contribution in [0.25, 0.3) is 11.3 Å². The second kappa shape index (κ2) is 9.61. The summed E-state index contributed by atoms with van der Waals surface area (Å²) in [6.45, 7) is 1.76. The third-order valence-corrected chi connectivity index (χ3v) is 7.35. The first kappa shape index (κ1) is 24.4. The molecule has 10 nitrogen and oxygen atoms in total. The first-order valence-corrected chi connectivity index (χ1v) is 12.1. The molecule has 5 rings (SSSR count). The maximum absolute atomic E-state index is 12.8. The number of hydrogen-bond donors (Lipinski definition) is 2. The Kier molecular flexibility index (Phi) is 6.32. The van der Waals surface area contributed by atoms with Crippen LogP contribution < -0.4 is 10.6 Å². The van der Waals surface area contributed by atoms with E-state index in [1.54, 1.807) is 25.1 Å². The first-order valence-electron chi connectivity index (χ1n) is 12.1. The quantitative estimate of drug-likeness (QED) is 0.262. The number of aryl methyl sites for hydroxylation is 1. The molecule has 2 fully saturated rings. The van der Waals surface area contributed by atoms with Crippen molar-refractivity contribution in [3.63, 3.8) is 0 Å². The van der Waals surface area contributed by atoms with Gasteiger partial charge in [-0.2, -0.15) is 0 Å². The Morgan fingerprint density at radius 2 is 1.70 bits per heavy atom. The van der Waals surface area contributed by atoms with Gasteiger partial charge in [-0.3, -0.25) is 19.7 Å². The topological polar surface area (TPSA) is 136 Å². The van der Waals surface area contributed by atoms with Crippen LogP contribution in [0.15, 0.2) is 54.6 Å². The lowest BCUT2D eigenvalue weighted by Gasteiger charge is -2.56. The van der Waals surface area contributed by atoms with Crippen molar-refractivity contribution in [2.45, 2.75) is 32.6 Å². The summed E-state index contributed by atoms with van der Waals surface area (Å²) in [7, 11) is 1.40. The molecule has 0 saturated heterocycles. The zero-order chi connectivity index (χ0) is 26.2. The zero-order valence-electron chi connectivity index (χ0n) is 20.6. The van der Waals surface area contributed by atoms with Crippen molar-refractivity contribution < 1.29 is 19.2 Å². The minimum absolute atomic E-state index is 0.0424. The lowest BCUT2D eigenvalue weighted by Crippen LogP contribution is -2.52. The van der Waals surface area contributed by atoms with Gasteiger partial charge in [-0.15, -0.1) is 0 Å². The van der Waals surface area contributed by atoms with Gasteiger partial charge in [0.05, 0.1) is 35.0 Å². The molecule has 1 aromatic carbocycles. The number of hydrogen-bond acceptors (Lipinski definition) is 8. The molecular weight excluding hydrogens is 474 g/mol. The molecule has 0 unspecified atom stereocenters. The number of amides is 1. The molecule has 0 aliphatic heterocycles. The molecule has 10 heteroatoms. The van der Waals surface area contributed by atoms with E-state index in [1.807, 2.05) is 30.3 Å². The van der Waals surface area contributed by atoms with Crippen molar-refractivity contribution in [2.24, 2.45) is 17.3 Å². The average Bonchev–Trinajstić information content (AvgIpc) is 2.84. The summed E-state index contributed by atoms with van der Waals surface area (Å²) >= 11 is 0. The summed E-state index contributed by atoms with van der Waals surface area (Å²) in [5.41, 5.74) is 2.51. The van der Waals surface area contributed by atoms with E-state index in [-0.39, 0.29) is 40.6 Å². The summed E-state index contributed by atoms with van der Waals surface area (Å²) in [4.78, 5) is 44.4. The number of methoxy groups -OCH3 is 1. The monoisotopic (exact) mass is 501 g/mol. The minimum atomic E-state index is -0.494. The van der Waals surface area contributed by atoms with Gasteiger partial charge in [-0.25, -0.2) is 9.97 Å². The SMILES string of the molecule is COC(=O)C1CC2(CC(C(=O)Nc3ccc(Nc4nc(-c5ccccc5)ccc4[N+](=O)[O-])nc3C)C2)C1. The highest BCUT2D eigenvalue weighted by Gasteiger charge is 2.56. The van der Waals surface area contributed by atoms with Crippen molar-refractivity contribution >= 4 is 34.9 Å². The van der Waals surface area contributed by atoms with Crippen LogP contribution in [0.4, 0.5) is 23.0 Å². The van der Waals surface area contributed by atoms with Crippen LogP contribution in [0.2, 0.25) is 0 Å². The summed E-state index contributed by atoms with van der Waals surface area (Å²) in [6.07, 6.45) is 3.11. The highest BCUT2D eigenvalue weighted by molar-refractivity contribution is 5.94. The van der Waals surface area contributed by atoms with Crippen LogP contribution in [0.3, 0.4) is 0 Å². The van der Waals surface area contributed by atoms with E-state index >= 15 is 0 Å². The minimum Gasteiger partial charge on any atom is -0.469 e. The molecule has 2 aromatic heterocycles. The van der Waals surface area contributed by atoms with E-state index in [9.17, 15) is 19.7 Å². The van der Waals surface area contributed by atoms with Gasteiger partial charge in [0.1, 0.15) is 5.82 Å². The number of nitrogens with zero attached hydrogens (tertiary/aromatic N) is 3. The molecule has 2 N–H and O–H groups in total. The maximum atomic E-state index is 12.8. The lowest BCUT2D eigenvalue weighted by molar-refractivity contribution is -0.384. The lowest BCUT2D eigenvalue weighted by atomic mass is 9.48. The maximum Gasteiger partial charge on any atom is 0.311 e. The molecule has 3 aromatic rings. The standard InChI is InChI=1S/C27H27N5O5/c1-16-20(30-25(33)18-12-27(13-18)14-19(15-27)26(34)37-2)9-11-23(28-16)31-24-22(32(35)36)10-8-21(29-24)17-6-4-3-5-7-17/h3-11,18-19H,12-15H2,1-2H3,(H,30,33)(H,28,29,31).